The van der Waals surface area contributed by atoms with Gasteiger partial charge in [-0.3, -0.25) is 0 Å². The van der Waals surface area contributed by atoms with Gasteiger partial charge in [0.15, 0.2) is 23.0 Å². The van der Waals surface area contributed by atoms with E-state index in [1.165, 1.54) is 13.4 Å². The molecule has 1 fully saturated rings. The van der Waals surface area contributed by atoms with Crippen molar-refractivity contribution in [3.8, 4) is 29.0 Å². The van der Waals surface area contributed by atoms with Gasteiger partial charge in [0.1, 0.15) is 11.9 Å². The van der Waals surface area contributed by atoms with Gasteiger partial charge in [0.2, 0.25) is 11.8 Å². The molecule has 14 heteroatoms. The lowest BCUT2D eigenvalue weighted by Crippen LogP contribution is -2.09. The van der Waals surface area contributed by atoms with Crippen molar-refractivity contribution in [3.63, 3.8) is 0 Å². The van der Waals surface area contributed by atoms with E-state index >= 15 is 0 Å². The first-order valence-corrected chi connectivity index (χ1v) is 11.6. The fourth-order valence-electron chi connectivity index (χ4n) is 4.14. The number of rotatable bonds is 7. The van der Waals surface area contributed by atoms with E-state index in [1.54, 1.807) is 42.5 Å². The van der Waals surface area contributed by atoms with E-state index in [2.05, 4.69) is 30.1 Å². The summed E-state index contributed by atoms with van der Waals surface area (Å²) in [6.07, 6.45) is 3.85. The molecule has 0 spiro atoms. The number of nitrogens with zero attached hydrogens (tertiary/aromatic N) is 9. The van der Waals surface area contributed by atoms with Crippen LogP contribution in [0.15, 0.2) is 43.1 Å². The second-order valence-corrected chi connectivity index (χ2v) is 8.70. The van der Waals surface area contributed by atoms with Gasteiger partial charge in [0, 0.05) is 24.4 Å². The molecule has 0 bridgehead atoms. The number of methoxy groups -OCH3 is 2. The maximum Gasteiger partial charge on any atom is 0.435 e. The highest BCUT2D eigenvalue weighted by Gasteiger charge is 2.35. The largest absolute Gasteiger partial charge is 0.481 e. The van der Waals surface area contributed by atoms with Gasteiger partial charge in [-0.15, -0.1) is 0 Å². The minimum Gasteiger partial charge on any atom is -0.481 e. The molecule has 5 aromatic rings. The van der Waals surface area contributed by atoms with Crippen LogP contribution in [0.1, 0.15) is 35.7 Å². The van der Waals surface area contributed by atoms with Gasteiger partial charge in [-0.2, -0.15) is 28.1 Å². The van der Waals surface area contributed by atoms with Gasteiger partial charge >= 0.3 is 6.18 Å². The molecule has 6 rings (SSSR count). The lowest BCUT2D eigenvalue weighted by atomic mass is 10.1. The molecule has 0 saturated heterocycles. The summed E-state index contributed by atoms with van der Waals surface area (Å²) in [5, 5.41) is 8.77. The van der Waals surface area contributed by atoms with Crippen molar-refractivity contribution in [2.24, 2.45) is 0 Å². The third-order valence-corrected chi connectivity index (χ3v) is 6.13. The Morgan fingerprint density at radius 3 is 2.53 bits per heavy atom. The Balaban J connectivity index is 1.31. The van der Waals surface area contributed by atoms with Crippen molar-refractivity contribution in [1.82, 2.24) is 44.5 Å². The number of aromatic nitrogens is 9. The second kappa shape index (κ2) is 9.04. The number of alkyl halides is 3. The molecule has 5 aromatic heterocycles. The van der Waals surface area contributed by atoms with Crippen molar-refractivity contribution >= 4 is 11.0 Å². The van der Waals surface area contributed by atoms with Crippen LogP contribution in [-0.4, -0.2) is 58.7 Å². The van der Waals surface area contributed by atoms with E-state index in [0.717, 1.165) is 40.2 Å². The van der Waals surface area contributed by atoms with Crippen molar-refractivity contribution < 1.29 is 22.6 Å². The Labute approximate surface area is 213 Å². The number of pyridine rings is 1. The van der Waals surface area contributed by atoms with Crippen LogP contribution in [0.2, 0.25) is 0 Å². The van der Waals surface area contributed by atoms with Crippen LogP contribution in [0.3, 0.4) is 0 Å². The lowest BCUT2D eigenvalue weighted by Gasteiger charge is -2.11. The molecule has 5 heterocycles. The predicted molar refractivity (Wildman–Crippen MR) is 127 cm³/mol. The fraction of sp³-hybridized carbons (Fsp3) is 0.292. The van der Waals surface area contributed by atoms with E-state index in [4.69, 9.17) is 14.5 Å². The summed E-state index contributed by atoms with van der Waals surface area (Å²) in [6.45, 7) is 0.315. The smallest absolute Gasteiger partial charge is 0.435 e. The number of fused-ring (bicyclic) bond motifs is 1. The van der Waals surface area contributed by atoms with E-state index in [1.807, 2.05) is 0 Å². The third kappa shape index (κ3) is 4.27. The van der Waals surface area contributed by atoms with Crippen molar-refractivity contribution in [1.29, 1.82) is 0 Å². The van der Waals surface area contributed by atoms with Gasteiger partial charge in [0.25, 0.3) is 0 Å². The molecule has 1 aliphatic carbocycles. The molecule has 194 valence electrons. The molecule has 38 heavy (non-hydrogen) atoms. The number of hydrogen-bond acceptors (Lipinski definition) is 9. The van der Waals surface area contributed by atoms with Crippen LogP contribution in [-0.2, 0) is 12.7 Å². The summed E-state index contributed by atoms with van der Waals surface area (Å²) in [5.41, 5.74) is 1.81. The van der Waals surface area contributed by atoms with Crippen LogP contribution in [0, 0.1) is 0 Å². The summed E-state index contributed by atoms with van der Waals surface area (Å²) < 4.78 is 52.5. The van der Waals surface area contributed by atoms with Crippen LogP contribution >= 0.6 is 0 Å². The topological polar surface area (TPSA) is 119 Å². The van der Waals surface area contributed by atoms with Crippen molar-refractivity contribution in [2.45, 2.75) is 31.5 Å². The minimum absolute atomic E-state index is 0.0780. The molecule has 1 aliphatic rings. The Morgan fingerprint density at radius 1 is 1.00 bits per heavy atom. The predicted octanol–water partition coefficient (Wildman–Crippen LogP) is 3.83. The Bertz CT molecular complexity index is 1630. The van der Waals surface area contributed by atoms with Crippen LogP contribution < -0.4 is 9.47 Å². The zero-order valence-corrected chi connectivity index (χ0v) is 20.2. The van der Waals surface area contributed by atoms with Gasteiger partial charge in [-0.05, 0) is 24.5 Å². The summed E-state index contributed by atoms with van der Waals surface area (Å²) in [5.74, 6) is 1.29. The third-order valence-electron chi connectivity index (χ3n) is 6.13. The summed E-state index contributed by atoms with van der Waals surface area (Å²) in [6, 6.07) is 4.11. The molecular formula is C24H20F3N9O2. The molecule has 0 aromatic carbocycles. The molecule has 0 radical (unpaired) electrons. The zero-order valence-electron chi connectivity index (χ0n) is 20.2. The highest BCUT2D eigenvalue weighted by atomic mass is 19.4. The van der Waals surface area contributed by atoms with E-state index in [0.29, 0.717) is 35.4 Å². The highest BCUT2D eigenvalue weighted by Crippen LogP contribution is 2.44. The normalized spacial score (nSPS) is 13.7. The van der Waals surface area contributed by atoms with E-state index < -0.39 is 11.9 Å². The first-order valence-electron chi connectivity index (χ1n) is 11.6. The van der Waals surface area contributed by atoms with Crippen LogP contribution in [0.5, 0.6) is 11.8 Å². The number of hydrogen-bond donors (Lipinski definition) is 0. The number of halogens is 3. The fourth-order valence-corrected chi connectivity index (χ4v) is 4.14. The quantitative estimate of drug-likeness (QED) is 0.314. The monoisotopic (exact) mass is 523 g/mol. The van der Waals surface area contributed by atoms with Crippen LogP contribution in [0.25, 0.3) is 28.2 Å². The average Bonchev–Trinajstić information content (AvgIpc) is 3.55. The SMILES string of the molecule is COc1ncnc(C2CC2)c1-c1ncc2cnn(Cc3ccc(-n4nc(C(F)(F)F)cc4OC)nc3)c2n1. The molecule has 11 nitrogen and oxygen atoms in total. The Morgan fingerprint density at radius 2 is 1.84 bits per heavy atom. The standard InChI is InChI=1S/C24H20F3N9O2/c1-37-18-7-16(24(25,26)27)34-36(18)17-6-3-13(8-28-17)11-35-22-15(10-32-35)9-29-21(33-22)19-20(14-4-5-14)30-12-31-23(19)38-2/h3,6-10,12,14H,4-5,11H2,1-2H3. The van der Waals surface area contributed by atoms with Crippen molar-refractivity contribution in [3.05, 3.63) is 60.1 Å². The van der Waals surface area contributed by atoms with Crippen molar-refractivity contribution in [2.75, 3.05) is 14.2 Å². The average molecular weight is 523 g/mol. The second-order valence-electron chi connectivity index (χ2n) is 8.70. The molecule has 0 N–H and O–H groups in total. The zero-order chi connectivity index (χ0) is 26.4. The minimum atomic E-state index is -4.60. The number of ether oxygens (including phenoxy) is 2. The first-order chi connectivity index (χ1) is 18.4. The van der Waals surface area contributed by atoms with Gasteiger partial charge in [-0.1, -0.05) is 6.07 Å². The summed E-state index contributed by atoms with van der Waals surface area (Å²) in [4.78, 5) is 22.3. The summed E-state index contributed by atoms with van der Waals surface area (Å²) >= 11 is 0. The summed E-state index contributed by atoms with van der Waals surface area (Å²) in [7, 11) is 2.82. The van der Waals surface area contributed by atoms with E-state index in [9.17, 15) is 13.2 Å². The maximum atomic E-state index is 13.1. The van der Waals surface area contributed by atoms with Gasteiger partial charge in [0.05, 0.1) is 38.0 Å². The molecule has 0 atom stereocenters. The van der Waals surface area contributed by atoms with Gasteiger partial charge in [-0.25, -0.2) is 29.6 Å². The lowest BCUT2D eigenvalue weighted by molar-refractivity contribution is -0.141. The molecule has 0 aliphatic heterocycles. The molecule has 1 saturated carbocycles. The highest BCUT2D eigenvalue weighted by molar-refractivity contribution is 5.77. The molecular weight excluding hydrogens is 503 g/mol. The Kier molecular flexibility index (Phi) is 5.65. The maximum absolute atomic E-state index is 13.1. The van der Waals surface area contributed by atoms with Crippen LogP contribution in [0.4, 0.5) is 13.2 Å². The van der Waals surface area contributed by atoms with E-state index in [-0.39, 0.29) is 11.7 Å². The van der Waals surface area contributed by atoms with Gasteiger partial charge < -0.3 is 9.47 Å². The first kappa shape index (κ1) is 23.8. The molecule has 0 unspecified atom stereocenters. The Hall–Kier alpha value is -4.62. The molecule has 0 amide bonds.